The summed E-state index contributed by atoms with van der Waals surface area (Å²) in [5.41, 5.74) is 1.30. The second-order valence-corrected chi connectivity index (χ2v) is 7.27. The fraction of sp³-hybridized carbons (Fsp3) is 0.667. The van der Waals surface area contributed by atoms with Crippen LogP contribution in [0.3, 0.4) is 0 Å². The van der Waals surface area contributed by atoms with Gasteiger partial charge in [0.1, 0.15) is 0 Å². The Morgan fingerprint density at radius 1 is 1.09 bits per heavy atom. The molecule has 3 aliphatic heterocycles. The second-order valence-electron chi connectivity index (χ2n) is 7.27. The molecule has 1 saturated carbocycles. The molecule has 0 unspecified atom stereocenters. The summed E-state index contributed by atoms with van der Waals surface area (Å²) in [5.74, 6) is 1.43. The van der Waals surface area contributed by atoms with Crippen LogP contribution in [0.25, 0.3) is 0 Å². The molecule has 0 spiro atoms. The van der Waals surface area contributed by atoms with Gasteiger partial charge < -0.3 is 4.90 Å². The summed E-state index contributed by atoms with van der Waals surface area (Å²) >= 11 is 0. The summed E-state index contributed by atoms with van der Waals surface area (Å²) < 4.78 is 0. The largest absolute Gasteiger partial charge is 0.338 e. The molecule has 4 nitrogen and oxygen atoms in total. The van der Waals surface area contributed by atoms with Crippen LogP contribution in [0.1, 0.15) is 37.7 Å². The third-order valence-electron chi connectivity index (χ3n) is 5.70. The first-order valence-corrected chi connectivity index (χ1v) is 8.71. The van der Waals surface area contributed by atoms with Crippen molar-refractivity contribution >= 4 is 5.91 Å². The first kappa shape index (κ1) is 14.2. The van der Waals surface area contributed by atoms with Crippen molar-refractivity contribution in [2.75, 3.05) is 19.6 Å². The molecular formula is C18H25N3O. The van der Waals surface area contributed by atoms with E-state index in [2.05, 4.69) is 26.9 Å². The van der Waals surface area contributed by atoms with Crippen LogP contribution in [0.5, 0.6) is 0 Å². The Morgan fingerprint density at radius 2 is 1.91 bits per heavy atom. The average Bonchev–Trinajstić information content (AvgIpc) is 2.75. The molecule has 1 aromatic heterocycles. The summed E-state index contributed by atoms with van der Waals surface area (Å²) in [5, 5.41) is 0. The number of hydrogen-bond acceptors (Lipinski definition) is 3. The van der Waals surface area contributed by atoms with Gasteiger partial charge >= 0.3 is 0 Å². The zero-order valence-electron chi connectivity index (χ0n) is 13.2. The van der Waals surface area contributed by atoms with Crippen LogP contribution in [-0.2, 0) is 11.3 Å². The number of carbonyl (C=O) groups excluding carboxylic acids is 1. The van der Waals surface area contributed by atoms with Gasteiger partial charge in [-0.1, -0.05) is 6.42 Å². The fourth-order valence-corrected chi connectivity index (χ4v) is 4.20. The lowest BCUT2D eigenvalue weighted by molar-refractivity contribution is -0.141. The monoisotopic (exact) mass is 299 g/mol. The number of pyridine rings is 1. The first-order chi connectivity index (χ1) is 10.8. The highest BCUT2D eigenvalue weighted by Crippen LogP contribution is 2.34. The second kappa shape index (κ2) is 5.99. The molecule has 22 heavy (non-hydrogen) atoms. The number of hydrogen-bond donors (Lipinski definition) is 0. The van der Waals surface area contributed by atoms with Gasteiger partial charge in [-0.15, -0.1) is 0 Å². The summed E-state index contributed by atoms with van der Waals surface area (Å²) in [6.07, 6.45) is 9.98. The fourth-order valence-electron chi connectivity index (χ4n) is 4.20. The van der Waals surface area contributed by atoms with Crippen LogP contribution in [0, 0.1) is 11.8 Å². The predicted octanol–water partition coefficient (Wildman–Crippen LogP) is 2.30. The van der Waals surface area contributed by atoms with Gasteiger partial charge in [0, 0.05) is 44.6 Å². The van der Waals surface area contributed by atoms with Crippen LogP contribution >= 0.6 is 0 Å². The molecule has 5 rings (SSSR count). The van der Waals surface area contributed by atoms with E-state index in [1.165, 1.54) is 31.2 Å². The number of rotatable bonds is 4. The number of carbonyl (C=O) groups is 1. The Balaban J connectivity index is 1.46. The van der Waals surface area contributed by atoms with Crippen molar-refractivity contribution in [2.45, 2.75) is 44.7 Å². The van der Waals surface area contributed by atoms with E-state index in [1.807, 2.05) is 12.4 Å². The van der Waals surface area contributed by atoms with E-state index in [0.29, 0.717) is 11.9 Å². The van der Waals surface area contributed by atoms with Crippen molar-refractivity contribution in [3.8, 4) is 0 Å². The predicted molar refractivity (Wildman–Crippen MR) is 85.1 cm³/mol. The molecule has 0 N–H and O–H groups in total. The van der Waals surface area contributed by atoms with Gasteiger partial charge in [-0.05, 0) is 49.3 Å². The quantitative estimate of drug-likeness (QED) is 0.856. The lowest BCUT2D eigenvalue weighted by Gasteiger charge is -2.40. The average molecular weight is 299 g/mol. The molecule has 0 aromatic carbocycles. The smallest absolute Gasteiger partial charge is 0.227 e. The Bertz CT molecular complexity index is 528. The van der Waals surface area contributed by atoms with Gasteiger partial charge in [-0.2, -0.15) is 0 Å². The minimum Gasteiger partial charge on any atom is -0.338 e. The molecule has 2 atom stereocenters. The molecule has 0 radical (unpaired) electrons. The third-order valence-corrected chi connectivity index (χ3v) is 5.70. The van der Waals surface area contributed by atoms with Crippen molar-refractivity contribution in [1.29, 1.82) is 0 Å². The van der Waals surface area contributed by atoms with Crippen molar-refractivity contribution in [1.82, 2.24) is 14.8 Å². The van der Waals surface area contributed by atoms with Gasteiger partial charge in [0.25, 0.3) is 0 Å². The zero-order chi connectivity index (χ0) is 14.9. The van der Waals surface area contributed by atoms with E-state index < -0.39 is 0 Å². The Hall–Kier alpha value is -1.42. The Labute approximate surface area is 132 Å². The molecule has 4 heteroatoms. The van der Waals surface area contributed by atoms with Crippen LogP contribution in [0.15, 0.2) is 24.5 Å². The summed E-state index contributed by atoms with van der Waals surface area (Å²) in [4.78, 5) is 21.6. The van der Waals surface area contributed by atoms with E-state index in [-0.39, 0.29) is 5.92 Å². The molecular weight excluding hydrogens is 274 g/mol. The first-order valence-electron chi connectivity index (χ1n) is 8.71. The molecule has 1 amide bonds. The van der Waals surface area contributed by atoms with Gasteiger partial charge in [0.15, 0.2) is 0 Å². The highest BCUT2D eigenvalue weighted by molar-refractivity contribution is 5.80. The maximum Gasteiger partial charge on any atom is 0.227 e. The number of nitrogens with zero attached hydrogens (tertiary/aromatic N) is 3. The summed E-state index contributed by atoms with van der Waals surface area (Å²) in [6.45, 7) is 3.93. The molecule has 4 fully saturated rings. The van der Waals surface area contributed by atoms with E-state index in [1.54, 1.807) is 0 Å². The van der Waals surface area contributed by atoms with Gasteiger partial charge in [-0.3, -0.25) is 14.7 Å². The maximum absolute atomic E-state index is 12.8. The summed E-state index contributed by atoms with van der Waals surface area (Å²) in [6, 6.07) is 4.61. The molecule has 1 aromatic rings. The summed E-state index contributed by atoms with van der Waals surface area (Å²) in [7, 11) is 0. The SMILES string of the molecule is O=C1[C@H]2CC[C@H](CN(Cc3ccncc3)C2)N1CC1CCC1. The van der Waals surface area contributed by atoms with Crippen molar-refractivity contribution in [3.05, 3.63) is 30.1 Å². The lowest BCUT2D eigenvalue weighted by Crippen LogP contribution is -2.50. The Morgan fingerprint density at radius 3 is 2.64 bits per heavy atom. The van der Waals surface area contributed by atoms with Gasteiger partial charge in [0.05, 0.1) is 5.92 Å². The lowest BCUT2D eigenvalue weighted by atomic mass is 9.83. The van der Waals surface area contributed by atoms with Crippen LogP contribution in [0.2, 0.25) is 0 Å². The number of piperidine rings is 1. The van der Waals surface area contributed by atoms with Crippen molar-refractivity contribution in [3.63, 3.8) is 0 Å². The maximum atomic E-state index is 12.8. The van der Waals surface area contributed by atoms with Crippen molar-refractivity contribution < 1.29 is 4.79 Å². The van der Waals surface area contributed by atoms with E-state index >= 15 is 0 Å². The number of fused-ring (bicyclic) bond motifs is 4. The van der Waals surface area contributed by atoms with E-state index in [9.17, 15) is 4.79 Å². The molecule has 2 bridgehead atoms. The Kier molecular flexibility index (Phi) is 3.87. The molecule has 1 aliphatic carbocycles. The van der Waals surface area contributed by atoms with Crippen molar-refractivity contribution in [2.24, 2.45) is 11.8 Å². The van der Waals surface area contributed by atoms with Crippen LogP contribution < -0.4 is 0 Å². The van der Waals surface area contributed by atoms with E-state index in [4.69, 9.17) is 0 Å². The van der Waals surface area contributed by atoms with Gasteiger partial charge in [-0.25, -0.2) is 0 Å². The highest BCUT2D eigenvalue weighted by Gasteiger charge is 2.41. The minimum atomic E-state index is 0.223. The number of aromatic nitrogens is 1. The minimum absolute atomic E-state index is 0.223. The van der Waals surface area contributed by atoms with Crippen LogP contribution in [0.4, 0.5) is 0 Å². The van der Waals surface area contributed by atoms with Crippen LogP contribution in [-0.4, -0.2) is 46.4 Å². The standard InChI is InChI=1S/C18H25N3O/c22-18-16-4-5-17(21(18)11-14-2-1-3-14)13-20(12-16)10-15-6-8-19-9-7-15/h6-9,14,16-17H,1-5,10-13H2/t16-,17+/m0/s1. The molecule has 3 saturated heterocycles. The molecule has 118 valence electrons. The molecule has 4 aliphatic rings. The molecule has 4 heterocycles. The zero-order valence-corrected chi connectivity index (χ0v) is 13.2. The highest BCUT2D eigenvalue weighted by atomic mass is 16.2. The van der Waals surface area contributed by atoms with Gasteiger partial charge in [0.2, 0.25) is 5.91 Å². The third kappa shape index (κ3) is 2.76. The normalized spacial score (nSPS) is 29.5. The number of amides is 1. The topological polar surface area (TPSA) is 36.4 Å². The van der Waals surface area contributed by atoms with E-state index in [0.717, 1.165) is 38.5 Å².